The van der Waals surface area contributed by atoms with Crippen LogP contribution in [-0.4, -0.2) is 71.3 Å². The summed E-state index contributed by atoms with van der Waals surface area (Å²) in [7, 11) is 2.07. The van der Waals surface area contributed by atoms with E-state index in [1.54, 1.807) is 6.07 Å². The highest BCUT2D eigenvalue weighted by Crippen LogP contribution is 2.72. The molecule has 90 heavy (non-hydrogen) atoms. The maximum atomic E-state index is 15.6. The van der Waals surface area contributed by atoms with Crippen molar-refractivity contribution in [3.63, 3.8) is 0 Å². The molecule has 7 aliphatic carbocycles. The van der Waals surface area contributed by atoms with Gasteiger partial charge in [-0.1, -0.05) is 123 Å². The highest BCUT2D eigenvalue weighted by molar-refractivity contribution is 6.07. The number of hydrogen-bond acceptors (Lipinski definition) is 11. The van der Waals surface area contributed by atoms with Gasteiger partial charge in [-0.25, -0.2) is 9.59 Å². The number of fused-ring (bicyclic) bond motifs is 5. The van der Waals surface area contributed by atoms with E-state index in [9.17, 15) is 15.3 Å². The average molecular weight is 1210 g/mol. The third-order valence-electron chi connectivity index (χ3n) is 25.1. The van der Waals surface area contributed by atoms with Crippen molar-refractivity contribution in [1.29, 1.82) is 0 Å². The molecule has 6 fully saturated rings. The monoisotopic (exact) mass is 1210 g/mol. The van der Waals surface area contributed by atoms with Crippen molar-refractivity contribution in [1.82, 2.24) is 21.3 Å². The number of β-amino-alcohol motifs (C(OH)–C–C–N with tert-alkyl or cyclic N) is 1. The van der Waals surface area contributed by atoms with Gasteiger partial charge >= 0.3 is 11.9 Å². The molecule has 4 aromatic carbocycles. The summed E-state index contributed by atoms with van der Waals surface area (Å²) in [5.41, 5.74) is 8.04. The standard InChI is InChI=1S/C79H94N4O7/c1-3-49(38-50-14-5-4-6-15-50)41-67-79-35-27-61-62-25-26-63-66(89-74(85)70(63)71(62)79)28-34-76(57-30-37-82-68(43-57)80-2)45-55-42-58(77(87)31-9-10-32-77)22-13-33-78(88,56-20-7-8-21-56)48-83-73(65(55)46-76)54-19-11-16-51(39-54)29-36-81-47-52-17-12-18-53(40-52)60-24-23-59(84)44-64(60)69(61)72(79)75(86)90-67/h4-6,11-12,14-19,23-24,28,39-41,44,49,55-58,61-62,65,68,71,73,80-84,87-88H,3,7-10,20-21,25-27,29-38,42-43,45-48H2,1-2H3. The Morgan fingerprint density at radius 3 is 2.42 bits per heavy atom. The van der Waals surface area contributed by atoms with Crippen LogP contribution in [0.2, 0.25) is 0 Å². The fraction of sp³-hybridized carbons (Fsp3) is 0.544. The molecule has 1 spiro atoms. The van der Waals surface area contributed by atoms with Gasteiger partial charge in [0.05, 0.1) is 28.4 Å². The Labute approximate surface area is 533 Å². The lowest BCUT2D eigenvalue weighted by molar-refractivity contribution is -0.135. The molecule has 17 rings (SSSR count). The summed E-state index contributed by atoms with van der Waals surface area (Å²) in [6.07, 6.45) is 23.7. The number of carbonyl (C=O) groups is 2. The van der Waals surface area contributed by atoms with Crippen LogP contribution in [0.15, 0.2) is 137 Å². The molecule has 0 aromatic heterocycles. The molecular weight excluding hydrogens is 1120 g/mol. The van der Waals surface area contributed by atoms with E-state index in [4.69, 9.17) is 9.47 Å². The van der Waals surface area contributed by atoms with Gasteiger partial charge in [0, 0.05) is 48.5 Å². The second-order valence-corrected chi connectivity index (χ2v) is 29.8. The van der Waals surface area contributed by atoms with Crippen LogP contribution >= 0.6 is 0 Å². The number of esters is 2. The van der Waals surface area contributed by atoms with Crippen LogP contribution < -0.4 is 21.3 Å². The van der Waals surface area contributed by atoms with E-state index in [1.807, 2.05) is 12.1 Å². The van der Waals surface area contributed by atoms with Crippen molar-refractivity contribution in [2.45, 2.75) is 178 Å². The number of nitrogens with one attached hydrogen (secondary N) is 4. The van der Waals surface area contributed by atoms with Gasteiger partial charge in [-0.3, -0.25) is 0 Å². The van der Waals surface area contributed by atoms with Crippen LogP contribution in [0.25, 0.3) is 16.7 Å². The minimum atomic E-state index is -1.01. The Morgan fingerprint density at radius 2 is 1.59 bits per heavy atom. The van der Waals surface area contributed by atoms with Crippen molar-refractivity contribution in [3.8, 4) is 28.7 Å². The second kappa shape index (κ2) is 24.4. The molecule has 13 atom stereocenters. The fourth-order valence-electron chi connectivity index (χ4n) is 20.6. The summed E-state index contributed by atoms with van der Waals surface area (Å²) in [5.74, 6) is 8.60. The zero-order chi connectivity index (χ0) is 61.4. The summed E-state index contributed by atoms with van der Waals surface area (Å²) in [5, 5.41) is 53.0. The Balaban J connectivity index is 0.907. The topological polar surface area (TPSA) is 161 Å². The number of allylic oxidation sites excluding steroid dienone is 5. The molecular formula is C79H94N4O7. The maximum Gasteiger partial charge on any atom is 0.340 e. The molecule has 4 aromatic rings. The van der Waals surface area contributed by atoms with E-state index >= 15 is 9.59 Å². The molecule has 0 amide bonds. The van der Waals surface area contributed by atoms with Gasteiger partial charge in [-0.15, -0.1) is 0 Å². The van der Waals surface area contributed by atoms with E-state index in [0.29, 0.717) is 55.4 Å². The number of phenolic OH excluding ortho intramolecular Hbond substituents is 1. The maximum absolute atomic E-state index is 15.6. The van der Waals surface area contributed by atoms with Crippen LogP contribution in [0.5, 0.6) is 5.75 Å². The first-order valence-corrected chi connectivity index (χ1v) is 35.0. The number of ether oxygens (including phenoxy) is 2. The number of cyclic esters (lactones) is 1. The Bertz CT molecular complexity index is 3620. The third-order valence-corrected chi connectivity index (χ3v) is 25.1. The van der Waals surface area contributed by atoms with E-state index in [-0.39, 0.29) is 82.7 Å². The van der Waals surface area contributed by atoms with Crippen molar-refractivity contribution in [3.05, 3.63) is 165 Å². The molecule has 13 unspecified atom stereocenters. The van der Waals surface area contributed by atoms with Gasteiger partial charge in [0.25, 0.3) is 0 Å². The molecule has 472 valence electrons. The second-order valence-electron chi connectivity index (χ2n) is 29.8. The minimum absolute atomic E-state index is 0.0116. The third kappa shape index (κ3) is 10.7. The molecule has 14 bridgehead atoms. The van der Waals surface area contributed by atoms with Crippen LogP contribution in [0.1, 0.15) is 169 Å². The van der Waals surface area contributed by atoms with E-state index < -0.39 is 16.6 Å². The van der Waals surface area contributed by atoms with Crippen LogP contribution in [0.3, 0.4) is 0 Å². The molecule has 7 N–H and O–H groups in total. The molecule has 4 saturated carbocycles. The molecule has 2 saturated heterocycles. The lowest BCUT2D eigenvalue weighted by Gasteiger charge is -2.56. The zero-order valence-corrected chi connectivity index (χ0v) is 53.1. The SMILES string of the molecule is CCC(C=C1OC(=O)C2=C3c4cc(O)ccc4-c4cccc(c4)CNCCc4cccc(c4)C4NCC(O)(C5CCCC5)CC#CC(C5(O)CCCC5)CC5CC(C6CCNC(NC)C6)(CC=C6OC(=O)C7=C6CCC6C3CCC12C76)CC54)Cc1ccccc1. The number of phenols is 1. The van der Waals surface area contributed by atoms with E-state index in [2.05, 4.69) is 138 Å². The molecule has 13 aliphatic rings. The van der Waals surface area contributed by atoms with Gasteiger partial charge in [0.15, 0.2) is 0 Å². The number of benzene rings is 4. The zero-order valence-electron chi connectivity index (χ0n) is 53.1. The first-order chi connectivity index (χ1) is 43.9. The van der Waals surface area contributed by atoms with Crippen molar-refractivity contribution < 1.29 is 34.4 Å². The molecule has 6 aliphatic heterocycles. The Hall–Kier alpha value is -6.10. The van der Waals surface area contributed by atoms with Gasteiger partial charge in [-0.05, 0) is 251 Å². The normalized spacial score (nSPS) is 34.8. The lowest BCUT2D eigenvalue weighted by Crippen LogP contribution is -2.52. The number of carbonyl (C=O) groups excluding carboxylic acids is 2. The first-order valence-electron chi connectivity index (χ1n) is 35.0. The number of aliphatic hydroxyl groups is 2. The first kappa shape index (κ1) is 60.2. The number of hydrogen-bond donors (Lipinski definition) is 7. The average Bonchev–Trinajstić information content (AvgIpc) is 1.38. The molecule has 0 radical (unpaired) electrons. The predicted octanol–water partition coefficient (Wildman–Crippen LogP) is 13.3. The number of aromatic hydroxyl groups is 1. The predicted molar refractivity (Wildman–Crippen MR) is 351 cm³/mol. The minimum Gasteiger partial charge on any atom is -0.508 e. The highest BCUT2D eigenvalue weighted by Gasteiger charge is 2.69. The quantitative estimate of drug-likeness (QED) is 0.0664. The summed E-state index contributed by atoms with van der Waals surface area (Å²) in [6, 6.07) is 34.2. The molecule has 6 heterocycles. The smallest absolute Gasteiger partial charge is 0.340 e. The van der Waals surface area contributed by atoms with Crippen LogP contribution in [0.4, 0.5) is 0 Å². The van der Waals surface area contributed by atoms with E-state index in [1.165, 1.54) is 16.7 Å². The Morgan fingerprint density at radius 1 is 0.756 bits per heavy atom. The highest BCUT2D eigenvalue weighted by atomic mass is 16.6. The van der Waals surface area contributed by atoms with Crippen molar-refractivity contribution >= 4 is 17.5 Å². The van der Waals surface area contributed by atoms with Gasteiger partial charge in [0.1, 0.15) is 17.3 Å². The molecule has 11 heteroatoms. The van der Waals surface area contributed by atoms with Gasteiger partial charge in [-0.2, -0.15) is 0 Å². The Kier molecular flexibility index (Phi) is 16.3. The summed E-state index contributed by atoms with van der Waals surface area (Å²) < 4.78 is 13.7. The molecule has 11 nitrogen and oxygen atoms in total. The van der Waals surface area contributed by atoms with Crippen molar-refractivity contribution in [2.24, 2.45) is 64.1 Å². The van der Waals surface area contributed by atoms with E-state index in [0.717, 1.165) is 174 Å². The summed E-state index contributed by atoms with van der Waals surface area (Å²) >= 11 is 0. The van der Waals surface area contributed by atoms with Gasteiger partial charge < -0.3 is 46.1 Å². The lowest BCUT2D eigenvalue weighted by atomic mass is 9.44. The summed E-state index contributed by atoms with van der Waals surface area (Å²) in [4.78, 5) is 31.0. The number of rotatable bonds is 8. The van der Waals surface area contributed by atoms with Gasteiger partial charge in [0.2, 0.25) is 0 Å². The fourth-order valence-corrected chi connectivity index (χ4v) is 20.6. The van der Waals surface area contributed by atoms with Crippen LogP contribution in [0, 0.1) is 75.9 Å². The number of piperidine rings is 1. The van der Waals surface area contributed by atoms with Crippen LogP contribution in [-0.2, 0) is 38.4 Å². The largest absolute Gasteiger partial charge is 0.508 e. The summed E-state index contributed by atoms with van der Waals surface area (Å²) in [6.45, 7) is 4.99. The van der Waals surface area contributed by atoms with Crippen molar-refractivity contribution in [2.75, 3.05) is 26.7 Å².